The number of morpholine rings is 1. The molecule has 34 heavy (non-hydrogen) atoms. The summed E-state index contributed by atoms with van der Waals surface area (Å²) in [6, 6.07) is 14.2. The molecule has 3 aromatic rings. The van der Waals surface area contributed by atoms with Crippen molar-refractivity contribution >= 4 is 34.4 Å². The number of hydrogen-bond acceptors (Lipinski definition) is 5. The second-order valence-electron chi connectivity index (χ2n) is 8.14. The van der Waals surface area contributed by atoms with Crippen LogP contribution in [0.2, 0.25) is 5.02 Å². The van der Waals surface area contributed by atoms with E-state index in [-0.39, 0.29) is 25.5 Å². The van der Waals surface area contributed by atoms with Crippen LogP contribution in [0, 0.1) is 0 Å². The minimum absolute atomic E-state index is 0.128. The van der Waals surface area contributed by atoms with Gasteiger partial charge in [-0.1, -0.05) is 41.9 Å². The van der Waals surface area contributed by atoms with E-state index in [1.165, 1.54) is 16.5 Å². The summed E-state index contributed by atoms with van der Waals surface area (Å²) in [6.45, 7) is 1.57. The topological polar surface area (TPSA) is 93.8 Å². The molecule has 4 rings (SSSR count). The van der Waals surface area contributed by atoms with Gasteiger partial charge in [0.05, 0.1) is 37.3 Å². The summed E-state index contributed by atoms with van der Waals surface area (Å²) in [5.41, 5.74) is 0.146. The van der Waals surface area contributed by atoms with Gasteiger partial charge in [0.15, 0.2) is 0 Å². The van der Waals surface area contributed by atoms with E-state index in [1.54, 1.807) is 23.1 Å². The number of carbonyl (C=O) groups excluding carboxylic acids is 2. The van der Waals surface area contributed by atoms with Crippen LogP contribution in [0.1, 0.15) is 5.56 Å². The van der Waals surface area contributed by atoms with E-state index in [1.807, 2.05) is 30.3 Å². The molecule has 1 aromatic heterocycles. The molecular weight excluding hydrogens is 460 g/mol. The van der Waals surface area contributed by atoms with Gasteiger partial charge in [-0.05, 0) is 23.8 Å². The van der Waals surface area contributed by atoms with Gasteiger partial charge >= 0.3 is 11.1 Å². The number of aromatic nitrogens is 2. The van der Waals surface area contributed by atoms with Gasteiger partial charge in [-0.2, -0.15) is 0 Å². The van der Waals surface area contributed by atoms with Gasteiger partial charge in [0.1, 0.15) is 6.54 Å². The van der Waals surface area contributed by atoms with Crippen LogP contribution in [0.25, 0.3) is 11.0 Å². The zero-order chi connectivity index (χ0) is 24.2. The Morgan fingerprint density at radius 1 is 0.971 bits per heavy atom. The van der Waals surface area contributed by atoms with E-state index >= 15 is 0 Å². The zero-order valence-electron chi connectivity index (χ0n) is 18.8. The average Bonchev–Trinajstić information content (AvgIpc) is 2.85. The van der Waals surface area contributed by atoms with Crippen LogP contribution in [0.15, 0.2) is 58.1 Å². The maximum Gasteiger partial charge on any atom is 0.317 e. The second kappa shape index (κ2) is 10.2. The third-order valence-electron chi connectivity index (χ3n) is 5.83. The SMILES string of the molecule is CN(CC(=O)N1CCOCC1)C(=O)Cn1c(=O)c(=O)n(Cc2ccccc2)c2ccc(Cl)cc21. The molecule has 2 amide bonds. The van der Waals surface area contributed by atoms with Crippen LogP contribution < -0.4 is 11.1 Å². The Kier molecular flexibility index (Phi) is 7.14. The molecule has 0 unspecified atom stereocenters. The summed E-state index contributed by atoms with van der Waals surface area (Å²) < 4.78 is 7.76. The van der Waals surface area contributed by atoms with Crippen molar-refractivity contribution in [1.82, 2.24) is 18.9 Å². The Bertz CT molecular complexity index is 1330. The number of carbonyl (C=O) groups is 2. The standard InChI is InChI=1S/C24H25ClN4O5/c1-26(15-22(31)27-9-11-34-12-10-27)21(30)16-29-20-13-18(25)7-8-19(20)28(23(32)24(29)33)14-17-5-3-2-4-6-17/h2-8,13H,9-12,14-16H2,1H3. The van der Waals surface area contributed by atoms with Crippen LogP contribution in [-0.4, -0.2) is 70.6 Å². The number of rotatable bonds is 6. The highest BCUT2D eigenvalue weighted by molar-refractivity contribution is 6.31. The lowest BCUT2D eigenvalue weighted by Crippen LogP contribution is -2.48. The molecule has 0 N–H and O–H groups in total. The zero-order valence-corrected chi connectivity index (χ0v) is 19.5. The highest BCUT2D eigenvalue weighted by Gasteiger charge is 2.22. The van der Waals surface area contributed by atoms with Crippen molar-refractivity contribution in [3.05, 3.63) is 79.8 Å². The first-order chi connectivity index (χ1) is 16.3. The third kappa shape index (κ3) is 5.05. The lowest BCUT2D eigenvalue weighted by molar-refractivity contribution is -0.142. The van der Waals surface area contributed by atoms with E-state index in [9.17, 15) is 19.2 Å². The van der Waals surface area contributed by atoms with E-state index in [2.05, 4.69) is 0 Å². The Labute approximate surface area is 200 Å². The van der Waals surface area contributed by atoms with E-state index < -0.39 is 17.0 Å². The molecule has 0 spiro atoms. The van der Waals surface area contributed by atoms with E-state index in [4.69, 9.17) is 16.3 Å². The van der Waals surface area contributed by atoms with Crippen LogP contribution in [0.5, 0.6) is 0 Å². The maximum atomic E-state index is 13.1. The molecular formula is C24H25ClN4O5. The van der Waals surface area contributed by atoms with Crippen molar-refractivity contribution in [2.75, 3.05) is 39.9 Å². The Hall–Kier alpha value is -3.43. The summed E-state index contributed by atoms with van der Waals surface area (Å²) in [5.74, 6) is -0.664. The van der Waals surface area contributed by atoms with Gasteiger partial charge in [0, 0.05) is 25.2 Å². The molecule has 1 saturated heterocycles. The molecule has 0 aliphatic carbocycles. The summed E-state index contributed by atoms with van der Waals surface area (Å²) in [7, 11) is 1.50. The number of ether oxygens (including phenoxy) is 1. The number of hydrogen-bond donors (Lipinski definition) is 0. The highest BCUT2D eigenvalue weighted by atomic mass is 35.5. The van der Waals surface area contributed by atoms with Crippen molar-refractivity contribution in [1.29, 1.82) is 0 Å². The first-order valence-corrected chi connectivity index (χ1v) is 11.3. The van der Waals surface area contributed by atoms with Crippen molar-refractivity contribution in [3.63, 3.8) is 0 Å². The second-order valence-corrected chi connectivity index (χ2v) is 8.58. The predicted molar refractivity (Wildman–Crippen MR) is 128 cm³/mol. The van der Waals surface area contributed by atoms with Gasteiger partial charge in [0.2, 0.25) is 11.8 Å². The van der Waals surface area contributed by atoms with Crippen LogP contribution in [0.3, 0.4) is 0 Å². The Balaban J connectivity index is 1.64. The molecule has 0 bridgehead atoms. The van der Waals surface area contributed by atoms with E-state index in [0.717, 1.165) is 10.1 Å². The van der Waals surface area contributed by atoms with Gasteiger partial charge in [-0.3, -0.25) is 28.3 Å². The summed E-state index contributed by atoms with van der Waals surface area (Å²) >= 11 is 6.19. The summed E-state index contributed by atoms with van der Waals surface area (Å²) in [6.07, 6.45) is 0. The van der Waals surface area contributed by atoms with Crippen LogP contribution >= 0.6 is 11.6 Å². The highest BCUT2D eigenvalue weighted by Crippen LogP contribution is 2.18. The molecule has 0 atom stereocenters. The largest absolute Gasteiger partial charge is 0.378 e. The fourth-order valence-electron chi connectivity index (χ4n) is 3.93. The third-order valence-corrected chi connectivity index (χ3v) is 6.07. The number of nitrogens with zero attached hydrogens (tertiary/aromatic N) is 4. The van der Waals surface area contributed by atoms with Gasteiger partial charge < -0.3 is 14.5 Å². The fraction of sp³-hybridized carbons (Fsp3) is 0.333. The molecule has 2 heterocycles. The molecule has 1 aliphatic heterocycles. The van der Waals surface area contributed by atoms with Gasteiger partial charge in [0.25, 0.3) is 0 Å². The average molecular weight is 485 g/mol. The molecule has 2 aromatic carbocycles. The van der Waals surface area contributed by atoms with E-state index in [0.29, 0.717) is 42.4 Å². The van der Waals surface area contributed by atoms with Crippen molar-refractivity contribution in [2.45, 2.75) is 13.1 Å². The minimum atomic E-state index is -0.827. The quantitative estimate of drug-likeness (QED) is 0.490. The van der Waals surface area contributed by atoms with Crippen molar-refractivity contribution in [2.24, 2.45) is 0 Å². The number of benzene rings is 2. The van der Waals surface area contributed by atoms with Gasteiger partial charge in [-0.15, -0.1) is 0 Å². The molecule has 0 saturated carbocycles. The molecule has 1 aliphatic rings. The van der Waals surface area contributed by atoms with Gasteiger partial charge in [-0.25, -0.2) is 0 Å². The number of amides is 2. The lowest BCUT2D eigenvalue weighted by Gasteiger charge is -2.28. The smallest absolute Gasteiger partial charge is 0.317 e. The molecule has 0 radical (unpaired) electrons. The lowest BCUT2D eigenvalue weighted by atomic mass is 10.2. The van der Waals surface area contributed by atoms with Crippen LogP contribution in [0.4, 0.5) is 0 Å². The molecule has 178 valence electrons. The van der Waals surface area contributed by atoms with Crippen molar-refractivity contribution in [3.8, 4) is 0 Å². The fourth-order valence-corrected chi connectivity index (χ4v) is 4.10. The molecule has 1 fully saturated rings. The summed E-state index contributed by atoms with van der Waals surface area (Å²) in [4.78, 5) is 54.4. The van der Waals surface area contributed by atoms with Crippen LogP contribution in [-0.2, 0) is 27.4 Å². The summed E-state index contributed by atoms with van der Waals surface area (Å²) in [5, 5.41) is 0.369. The maximum absolute atomic E-state index is 13.1. The first kappa shape index (κ1) is 23.7. The Morgan fingerprint density at radius 3 is 2.35 bits per heavy atom. The Morgan fingerprint density at radius 2 is 1.65 bits per heavy atom. The molecule has 10 heteroatoms. The number of fused-ring (bicyclic) bond motifs is 1. The number of likely N-dealkylation sites (N-methyl/N-ethyl adjacent to an activating group) is 1. The van der Waals surface area contributed by atoms with Crippen molar-refractivity contribution < 1.29 is 14.3 Å². The normalized spacial score (nSPS) is 13.8. The molecule has 9 nitrogen and oxygen atoms in total. The first-order valence-electron chi connectivity index (χ1n) is 10.9. The number of halogens is 1. The minimum Gasteiger partial charge on any atom is -0.378 e. The predicted octanol–water partition coefficient (Wildman–Crippen LogP) is 1.18. The monoisotopic (exact) mass is 484 g/mol.